The van der Waals surface area contributed by atoms with E-state index in [-0.39, 0.29) is 12.1 Å². The summed E-state index contributed by atoms with van der Waals surface area (Å²) in [6.07, 6.45) is 0.517. The van der Waals surface area contributed by atoms with Gasteiger partial charge in [0.2, 0.25) is 0 Å². The highest BCUT2D eigenvalue weighted by atomic mass is 79.9. The second-order valence-electron chi connectivity index (χ2n) is 3.23. The first kappa shape index (κ1) is 9.52. The molecule has 0 saturated carbocycles. The van der Waals surface area contributed by atoms with E-state index in [9.17, 15) is 4.79 Å². The molecule has 74 valence electrons. The van der Waals surface area contributed by atoms with Crippen LogP contribution in [0.4, 0.5) is 4.79 Å². The van der Waals surface area contributed by atoms with Crippen molar-refractivity contribution in [3.63, 3.8) is 0 Å². The number of amides is 1. The Balaban J connectivity index is 2.02. The minimum absolute atomic E-state index is 0.102. The Morgan fingerprint density at radius 2 is 2.14 bits per heavy atom. The van der Waals surface area contributed by atoms with Crippen LogP contribution in [0.5, 0.6) is 0 Å². The average molecular weight is 256 g/mol. The maximum absolute atomic E-state index is 11.0. The highest BCUT2D eigenvalue weighted by Gasteiger charge is 2.31. The zero-order valence-corrected chi connectivity index (χ0v) is 9.11. The lowest BCUT2D eigenvalue weighted by Crippen LogP contribution is -2.25. The largest absolute Gasteiger partial charge is 0.447 e. The predicted molar refractivity (Wildman–Crippen MR) is 56.0 cm³/mol. The zero-order valence-electron chi connectivity index (χ0n) is 7.52. The van der Waals surface area contributed by atoms with E-state index >= 15 is 0 Å². The summed E-state index contributed by atoms with van der Waals surface area (Å²) in [5.74, 6) is 0. The Bertz CT molecular complexity index is 328. The summed E-state index contributed by atoms with van der Waals surface area (Å²) in [7, 11) is 0. The van der Waals surface area contributed by atoms with Crippen molar-refractivity contribution in [3.05, 3.63) is 35.9 Å². The van der Waals surface area contributed by atoms with Crippen LogP contribution in [0.1, 0.15) is 5.56 Å². The standard InChI is InChI=1S/C10H10BrNO2/c11-12-9(7-14-10(12)13)6-8-4-2-1-3-5-8/h1-5,9H,6-7H2. The summed E-state index contributed by atoms with van der Waals surface area (Å²) in [5.41, 5.74) is 1.21. The Morgan fingerprint density at radius 1 is 1.43 bits per heavy atom. The molecule has 0 bridgehead atoms. The number of hydrogen-bond donors (Lipinski definition) is 0. The molecule has 3 nitrogen and oxygen atoms in total. The van der Waals surface area contributed by atoms with Gasteiger partial charge < -0.3 is 4.74 Å². The van der Waals surface area contributed by atoms with Crippen LogP contribution in [0.3, 0.4) is 0 Å². The quantitative estimate of drug-likeness (QED) is 0.760. The molecule has 1 heterocycles. The van der Waals surface area contributed by atoms with Gasteiger partial charge >= 0.3 is 6.09 Å². The third-order valence-electron chi connectivity index (χ3n) is 2.21. The van der Waals surface area contributed by atoms with Crippen LogP contribution >= 0.6 is 16.1 Å². The fourth-order valence-electron chi connectivity index (χ4n) is 1.47. The molecule has 1 amide bonds. The van der Waals surface area contributed by atoms with Crippen LogP contribution in [-0.2, 0) is 11.2 Å². The molecule has 1 atom stereocenters. The van der Waals surface area contributed by atoms with E-state index in [1.165, 1.54) is 9.49 Å². The number of rotatable bonds is 2. The number of benzene rings is 1. The second-order valence-corrected chi connectivity index (χ2v) is 4.00. The molecule has 1 aliphatic rings. The molecule has 4 heteroatoms. The maximum Gasteiger partial charge on any atom is 0.420 e. The van der Waals surface area contributed by atoms with Crippen molar-refractivity contribution >= 4 is 22.2 Å². The van der Waals surface area contributed by atoms with Crippen LogP contribution in [0, 0.1) is 0 Å². The summed E-state index contributed by atoms with van der Waals surface area (Å²) in [6.45, 7) is 0.457. The van der Waals surface area contributed by atoms with Gasteiger partial charge in [0.1, 0.15) is 6.61 Å². The number of nitrogens with zero attached hydrogens (tertiary/aromatic N) is 1. The smallest absolute Gasteiger partial charge is 0.420 e. The Kier molecular flexibility index (Phi) is 2.72. The molecule has 0 aromatic heterocycles. The average Bonchev–Trinajstić information content (AvgIpc) is 2.52. The van der Waals surface area contributed by atoms with Gasteiger partial charge in [-0.1, -0.05) is 30.3 Å². The number of cyclic esters (lactones) is 1. The fourth-order valence-corrected chi connectivity index (χ4v) is 1.83. The van der Waals surface area contributed by atoms with Crippen molar-refractivity contribution in [3.8, 4) is 0 Å². The maximum atomic E-state index is 11.0. The molecule has 1 aromatic rings. The normalized spacial score (nSPS) is 21.1. The van der Waals surface area contributed by atoms with Gasteiger partial charge in [0.05, 0.1) is 22.2 Å². The highest BCUT2D eigenvalue weighted by molar-refractivity contribution is 9.07. The van der Waals surface area contributed by atoms with Crippen molar-refractivity contribution in [2.75, 3.05) is 6.61 Å². The lowest BCUT2D eigenvalue weighted by atomic mass is 10.1. The van der Waals surface area contributed by atoms with E-state index < -0.39 is 0 Å². The van der Waals surface area contributed by atoms with Gasteiger partial charge in [0.15, 0.2) is 0 Å². The molecular weight excluding hydrogens is 246 g/mol. The van der Waals surface area contributed by atoms with E-state index in [0.29, 0.717) is 6.61 Å². The molecular formula is C10H10BrNO2. The number of halogens is 1. The van der Waals surface area contributed by atoms with Gasteiger partial charge in [-0.3, -0.25) is 0 Å². The zero-order chi connectivity index (χ0) is 9.97. The molecule has 1 saturated heterocycles. The van der Waals surface area contributed by atoms with Crippen LogP contribution in [0.15, 0.2) is 30.3 Å². The minimum Gasteiger partial charge on any atom is -0.447 e. The van der Waals surface area contributed by atoms with Crippen molar-refractivity contribution in [2.24, 2.45) is 0 Å². The molecule has 14 heavy (non-hydrogen) atoms. The van der Waals surface area contributed by atoms with Crippen LogP contribution in [0.25, 0.3) is 0 Å². The second kappa shape index (κ2) is 4.00. The van der Waals surface area contributed by atoms with Gasteiger partial charge in [-0.2, -0.15) is 0 Å². The van der Waals surface area contributed by atoms with Gasteiger partial charge in [0, 0.05) is 0 Å². The molecule has 1 aromatic carbocycles. The minimum atomic E-state index is -0.300. The van der Waals surface area contributed by atoms with Crippen molar-refractivity contribution in [1.29, 1.82) is 0 Å². The lowest BCUT2D eigenvalue weighted by Gasteiger charge is -2.12. The molecule has 1 unspecified atom stereocenters. The van der Waals surface area contributed by atoms with Crippen molar-refractivity contribution in [1.82, 2.24) is 3.93 Å². The Morgan fingerprint density at radius 3 is 2.71 bits per heavy atom. The summed E-state index contributed by atoms with van der Waals surface area (Å²) in [5, 5.41) is 0. The monoisotopic (exact) mass is 255 g/mol. The third-order valence-corrected chi connectivity index (χ3v) is 3.08. The van der Waals surface area contributed by atoms with Crippen molar-refractivity contribution in [2.45, 2.75) is 12.5 Å². The number of carbonyl (C=O) groups excluding carboxylic acids is 1. The Labute approximate surface area is 91.0 Å². The fraction of sp³-hybridized carbons (Fsp3) is 0.300. The molecule has 0 radical (unpaired) electrons. The summed E-state index contributed by atoms with van der Waals surface area (Å²) < 4.78 is 6.36. The number of carbonyl (C=O) groups is 1. The molecule has 1 fully saturated rings. The van der Waals surface area contributed by atoms with E-state index in [1.807, 2.05) is 30.3 Å². The number of hydrogen-bond acceptors (Lipinski definition) is 2. The first-order valence-electron chi connectivity index (χ1n) is 4.43. The summed E-state index contributed by atoms with van der Waals surface area (Å²) in [6, 6.07) is 10.2. The van der Waals surface area contributed by atoms with E-state index in [4.69, 9.17) is 4.74 Å². The third kappa shape index (κ3) is 1.90. The van der Waals surface area contributed by atoms with Crippen LogP contribution in [0.2, 0.25) is 0 Å². The molecule has 0 aliphatic carbocycles. The highest BCUT2D eigenvalue weighted by Crippen LogP contribution is 2.20. The lowest BCUT2D eigenvalue weighted by molar-refractivity contribution is 0.171. The Hall–Kier alpha value is -1.03. The first-order chi connectivity index (χ1) is 6.77. The van der Waals surface area contributed by atoms with E-state index in [0.717, 1.165) is 6.42 Å². The summed E-state index contributed by atoms with van der Waals surface area (Å²) in [4.78, 5) is 11.0. The van der Waals surface area contributed by atoms with Gasteiger partial charge in [-0.05, 0) is 12.0 Å². The van der Waals surface area contributed by atoms with Gasteiger partial charge in [-0.25, -0.2) is 8.72 Å². The molecule has 0 spiro atoms. The van der Waals surface area contributed by atoms with Crippen LogP contribution < -0.4 is 0 Å². The first-order valence-corrected chi connectivity index (χ1v) is 5.14. The van der Waals surface area contributed by atoms with Gasteiger partial charge in [-0.15, -0.1) is 0 Å². The van der Waals surface area contributed by atoms with Crippen molar-refractivity contribution < 1.29 is 9.53 Å². The molecule has 1 aliphatic heterocycles. The SMILES string of the molecule is O=C1OCC(Cc2ccccc2)N1Br. The predicted octanol–water partition coefficient (Wildman–Crippen LogP) is 2.36. The molecule has 2 rings (SSSR count). The van der Waals surface area contributed by atoms with E-state index in [1.54, 1.807) is 0 Å². The number of ether oxygens (including phenoxy) is 1. The molecule has 0 N–H and O–H groups in total. The van der Waals surface area contributed by atoms with Crippen LogP contribution in [-0.4, -0.2) is 22.7 Å². The van der Waals surface area contributed by atoms with Gasteiger partial charge in [0.25, 0.3) is 0 Å². The van der Waals surface area contributed by atoms with E-state index in [2.05, 4.69) is 16.1 Å². The topological polar surface area (TPSA) is 29.5 Å². The summed E-state index contributed by atoms with van der Waals surface area (Å²) >= 11 is 3.19.